The lowest BCUT2D eigenvalue weighted by Crippen LogP contribution is -2.28. The van der Waals surface area contributed by atoms with Crippen molar-refractivity contribution in [3.8, 4) is 0 Å². The summed E-state index contributed by atoms with van der Waals surface area (Å²) >= 11 is 11.7. The van der Waals surface area contributed by atoms with E-state index in [2.05, 4.69) is 5.32 Å². The molecule has 0 aliphatic heterocycles. The van der Waals surface area contributed by atoms with Gasteiger partial charge in [-0.1, -0.05) is 23.2 Å². The van der Waals surface area contributed by atoms with Gasteiger partial charge in [0, 0.05) is 12.2 Å². The van der Waals surface area contributed by atoms with Crippen molar-refractivity contribution in [2.24, 2.45) is 0 Å². The zero-order chi connectivity index (χ0) is 20.1. The van der Waals surface area contributed by atoms with Crippen molar-refractivity contribution in [2.45, 2.75) is 13.0 Å². The Morgan fingerprint density at radius 3 is 2.33 bits per heavy atom. The molecule has 0 aromatic heterocycles. The first kappa shape index (κ1) is 21.3. The van der Waals surface area contributed by atoms with Gasteiger partial charge in [-0.25, -0.2) is 8.78 Å². The monoisotopic (exact) mass is 424 g/mol. The molecule has 0 saturated heterocycles. The van der Waals surface area contributed by atoms with Gasteiger partial charge in [-0.2, -0.15) is 8.78 Å². The maximum Gasteiger partial charge on any atom is 0.319 e. The molecule has 2 rings (SSSR count). The van der Waals surface area contributed by atoms with Crippen molar-refractivity contribution < 1.29 is 27.5 Å². The highest BCUT2D eigenvalue weighted by atomic mass is 35.5. The first-order chi connectivity index (χ1) is 12.7. The van der Waals surface area contributed by atoms with Crippen molar-refractivity contribution in [3.05, 3.63) is 57.6 Å². The van der Waals surface area contributed by atoms with Crippen LogP contribution < -0.4 is 10.2 Å². The number of aliphatic hydroxyl groups is 1. The number of aliphatic hydroxyl groups excluding tert-OH is 1. The van der Waals surface area contributed by atoms with E-state index in [1.165, 1.54) is 0 Å². The lowest BCUT2D eigenvalue weighted by molar-refractivity contribution is -0.120. The summed E-state index contributed by atoms with van der Waals surface area (Å²) in [7, 11) is 0. The molecular formula is C17H14Cl2F4N2O2. The van der Waals surface area contributed by atoms with Crippen LogP contribution in [0, 0.1) is 11.6 Å². The van der Waals surface area contributed by atoms with Crippen molar-refractivity contribution in [1.29, 1.82) is 0 Å². The molecule has 0 atom stereocenters. The number of carbonyl (C=O) groups is 1. The van der Waals surface area contributed by atoms with Crippen LogP contribution in [0.3, 0.4) is 0 Å². The van der Waals surface area contributed by atoms with Crippen LogP contribution in [-0.2, 0) is 11.2 Å². The molecule has 27 heavy (non-hydrogen) atoms. The van der Waals surface area contributed by atoms with Crippen molar-refractivity contribution >= 4 is 40.5 Å². The van der Waals surface area contributed by atoms with Crippen LogP contribution in [-0.4, -0.2) is 30.7 Å². The van der Waals surface area contributed by atoms with Gasteiger partial charge in [-0.15, -0.1) is 0 Å². The van der Waals surface area contributed by atoms with Gasteiger partial charge in [0.2, 0.25) is 5.91 Å². The van der Waals surface area contributed by atoms with Crippen molar-refractivity contribution in [3.63, 3.8) is 0 Å². The molecule has 2 aromatic rings. The molecule has 0 aliphatic carbocycles. The number of hydrogen-bond donors (Lipinski definition) is 2. The highest BCUT2D eigenvalue weighted by Crippen LogP contribution is 2.41. The van der Waals surface area contributed by atoms with Gasteiger partial charge in [-0.05, 0) is 35.9 Å². The van der Waals surface area contributed by atoms with Crippen LogP contribution >= 0.6 is 23.2 Å². The maximum atomic E-state index is 14.0. The van der Waals surface area contributed by atoms with Gasteiger partial charge >= 0.3 is 6.55 Å². The minimum Gasteiger partial charge on any atom is -0.395 e. The molecule has 0 fully saturated rings. The number of anilines is 2. The van der Waals surface area contributed by atoms with Gasteiger partial charge in [0.15, 0.2) is 0 Å². The predicted molar refractivity (Wildman–Crippen MR) is 94.8 cm³/mol. The van der Waals surface area contributed by atoms with Crippen LogP contribution in [0.2, 0.25) is 10.0 Å². The summed E-state index contributed by atoms with van der Waals surface area (Å²) in [6, 6.07) is 4.68. The van der Waals surface area contributed by atoms with Crippen LogP contribution in [0.15, 0.2) is 30.3 Å². The molecule has 146 valence electrons. The lowest BCUT2D eigenvalue weighted by atomic mass is 10.1. The summed E-state index contributed by atoms with van der Waals surface area (Å²) in [5, 5.41) is 10.3. The first-order valence-corrected chi connectivity index (χ1v) is 8.38. The highest BCUT2D eigenvalue weighted by molar-refractivity contribution is 6.39. The number of nitrogens with zero attached hydrogens (tertiary/aromatic N) is 1. The average Bonchev–Trinajstić information content (AvgIpc) is 2.58. The minimum atomic E-state index is -3.13. The van der Waals surface area contributed by atoms with Gasteiger partial charge in [0.25, 0.3) is 0 Å². The largest absolute Gasteiger partial charge is 0.395 e. The summed E-state index contributed by atoms with van der Waals surface area (Å²) in [5.41, 5.74) is -0.688. The predicted octanol–water partition coefficient (Wildman–Crippen LogP) is 4.28. The topological polar surface area (TPSA) is 52.6 Å². The molecule has 0 unspecified atom stereocenters. The first-order valence-electron chi connectivity index (χ1n) is 7.62. The Morgan fingerprint density at radius 2 is 1.78 bits per heavy atom. The molecule has 1 amide bonds. The van der Waals surface area contributed by atoms with E-state index in [0.29, 0.717) is 4.90 Å². The van der Waals surface area contributed by atoms with E-state index >= 15 is 0 Å². The fraction of sp³-hybridized carbons (Fsp3) is 0.235. The van der Waals surface area contributed by atoms with Crippen LogP contribution in [0.5, 0.6) is 0 Å². The second-order valence-electron chi connectivity index (χ2n) is 5.39. The van der Waals surface area contributed by atoms with Gasteiger partial charge in [0.05, 0.1) is 28.8 Å². The molecule has 0 bridgehead atoms. The second kappa shape index (κ2) is 9.25. The molecule has 0 heterocycles. The number of hydrogen-bond acceptors (Lipinski definition) is 3. The Kier molecular flexibility index (Phi) is 7.29. The Balaban J connectivity index is 2.44. The van der Waals surface area contributed by atoms with E-state index in [1.54, 1.807) is 0 Å². The molecule has 0 radical (unpaired) electrons. The number of benzene rings is 2. The molecule has 10 heteroatoms. The molecule has 0 saturated carbocycles. The average molecular weight is 425 g/mol. The number of nitrogens with one attached hydrogen (secondary N) is 1. The van der Waals surface area contributed by atoms with E-state index in [0.717, 1.165) is 30.3 Å². The van der Waals surface area contributed by atoms with Crippen LogP contribution in [0.25, 0.3) is 0 Å². The van der Waals surface area contributed by atoms with Gasteiger partial charge < -0.3 is 10.4 Å². The Labute approximate surface area is 162 Å². The highest BCUT2D eigenvalue weighted by Gasteiger charge is 2.26. The zero-order valence-electron chi connectivity index (χ0n) is 13.7. The van der Waals surface area contributed by atoms with E-state index in [1.807, 2.05) is 0 Å². The summed E-state index contributed by atoms with van der Waals surface area (Å²) < 4.78 is 54.8. The van der Waals surface area contributed by atoms with E-state index in [9.17, 15) is 22.4 Å². The second-order valence-corrected chi connectivity index (χ2v) is 6.21. The maximum absolute atomic E-state index is 14.0. The van der Waals surface area contributed by atoms with Gasteiger partial charge in [-0.3, -0.25) is 9.69 Å². The van der Waals surface area contributed by atoms with Crippen molar-refractivity contribution in [1.82, 2.24) is 5.32 Å². The molecule has 0 spiro atoms. The molecule has 0 aliphatic rings. The third-order valence-electron chi connectivity index (χ3n) is 3.51. The third-order valence-corrected chi connectivity index (χ3v) is 4.09. The van der Waals surface area contributed by atoms with E-state index in [4.69, 9.17) is 28.3 Å². The van der Waals surface area contributed by atoms with E-state index in [-0.39, 0.29) is 40.1 Å². The zero-order valence-corrected chi connectivity index (χ0v) is 15.2. The smallest absolute Gasteiger partial charge is 0.319 e. The fourth-order valence-electron chi connectivity index (χ4n) is 2.38. The Hall–Kier alpha value is -2.03. The SMILES string of the molecule is O=C(Cc1cc(N(c2c(Cl)cc(F)cc2Cl)C(F)F)ccc1F)NCCO. The summed E-state index contributed by atoms with van der Waals surface area (Å²) in [5.74, 6) is -2.17. The quantitative estimate of drug-likeness (QED) is 0.515. The van der Waals surface area contributed by atoms with Gasteiger partial charge in [0.1, 0.15) is 11.6 Å². The number of amides is 1. The molecule has 2 aromatic carbocycles. The fourth-order valence-corrected chi connectivity index (χ4v) is 3.02. The lowest BCUT2D eigenvalue weighted by Gasteiger charge is -2.26. The van der Waals surface area contributed by atoms with E-state index < -0.39 is 30.5 Å². The van der Waals surface area contributed by atoms with Crippen LogP contribution in [0.4, 0.5) is 28.9 Å². The summed E-state index contributed by atoms with van der Waals surface area (Å²) in [4.78, 5) is 12.1. The number of halogens is 6. The molecule has 4 nitrogen and oxygen atoms in total. The minimum absolute atomic E-state index is 0.0237. The number of alkyl halides is 2. The summed E-state index contributed by atoms with van der Waals surface area (Å²) in [6.07, 6.45) is -0.429. The van der Waals surface area contributed by atoms with Crippen LogP contribution in [0.1, 0.15) is 5.56 Å². The Morgan fingerprint density at radius 1 is 1.15 bits per heavy atom. The molecular weight excluding hydrogens is 411 g/mol. The normalized spacial score (nSPS) is 11.0. The Bertz CT molecular complexity index is 814. The third kappa shape index (κ3) is 5.24. The number of rotatable bonds is 7. The standard InChI is InChI=1S/C17H14Cl2F4N2O2/c18-12-7-10(20)8-13(19)16(12)25(17(22)23)11-1-2-14(21)9(5-11)6-15(27)24-3-4-26/h1-2,5,7-8,17,26H,3-4,6H2,(H,24,27). The van der Waals surface area contributed by atoms with Crippen molar-refractivity contribution in [2.75, 3.05) is 18.1 Å². The number of carbonyl (C=O) groups excluding carboxylic acids is 1. The molecule has 2 N–H and O–H groups in total. The summed E-state index contributed by atoms with van der Waals surface area (Å²) in [6.45, 7) is -3.45.